The Hall–Kier alpha value is -3.37. The van der Waals surface area contributed by atoms with E-state index in [1.165, 1.54) is 28.4 Å². The van der Waals surface area contributed by atoms with Gasteiger partial charge in [0.05, 0.1) is 36.1 Å². The second-order valence-corrected chi connectivity index (χ2v) is 8.88. The lowest BCUT2D eigenvalue weighted by atomic mass is 10.1. The van der Waals surface area contributed by atoms with E-state index in [4.69, 9.17) is 9.47 Å². The van der Waals surface area contributed by atoms with Crippen LogP contribution in [0.5, 0.6) is 10.8 Å². The molecule has 10 heteroatoms. The van der Waals surface area contributed by atoms with Gasteiger partial charge < -0.3 is 9.47 Å². The van der Waals surface area contributed by atoms with Crippen LogP contribution in [0, 0.1) is 24.5 Å². The highest BCUT2D eigenvalue weighted by atomic mass is 32.1. The van der Waals surface area contributed by atoms with Gasteiger partial charge in [0, 0.05) is 17.9 Å². The van der Waals surface area contributed by atoms with Crippen LogP contribution in [-0.4, -0.2) is 32.5 Å². The van der Waals surface area contributed by atoms with Crippen molar-refractivity contribution in [3.05, 3.63) is 87.2 Å². The predicted molar refractivity (Wildman–Crippen MR) is 118 cm³/mol. The van der Waals surface area contributed by atoms with E-state index in [2.05, 4.69) is 10.1 Å². The Morgan fingerprint density at radius 1 is 1.15 bits per heavy atom. The molecule has 0 saturated carbocycles. The summed E-state index contributed by atoms with van der Waals surface area (Å²) >= 11 is 1.52. The molecule has 3 heterocycles. The third-order valence-electron chi connectivity index (χ3n) is 5.38. The Morgan fingerprint density at radius 3 is 2.55 bits per heavy atom. The van der Waals surface area contributed by atoms with Crippen LogP contribution < -0.4 is 10.4 Å². The maximum absolute atomic E-state index is 13.9. The smallest absolute Gasteiger partial charge is 0.350 e. The largest absolute Gasteiger partial charge is 0.445 e. The lowest BCUT2D eigenvalue weighted by molar-refractivity contribution is -0.0312. The van der Waals surface area contributed by atoms with Crippen molar-refractivity contribution in [2.75, 3.05) is 13.2 Å². The van der Waals surface area contributed by atoms with Gasteiger partial charge in [0.25, 0.3) is 0 Å². The van der Waals surface area contributed by atoms with Gasteiger partial charge >= 0.3 is 5.69 Å². The van der Waals surface area contributed by atoms with Gasteiger partial charge in [-0.1, -0.05) is 17.4 Å². The number of benzene rings is 2. The van der Waals surface area contributed by atoms with Crippen LogP contribution in [0.15, 0.2) is 53.6 Å². The molecule has 33 heavy (non-hydrogen) atoms. The number of ether oxygens (including phenoxy) is 2. The van der Waals surface area contributed by atoms with Crippen molar-refractivity contribution in [1.29, 1.82) is 0 Å². The number of aryl methyl sites for hydroxylation is 1. The SMILES string of the molecule is Cc1nc(CC2COC2)sc1Oc1ccc(-n2ncn(Cc3c(F)cccc3F)c2=O)cc1. The van der Waals surface area contributed by atoms with Gasteiger partial charge in [0.1, 0.15) is 23.7 Å². The van der Waals surface area contributed by atoms with E-state index >= 15 is 0 Å². The summed E-state index contributed by atoms with van der Waals surface area (Å²) in [5, 5.41) is 5.83. The van der Waals surface area contributed by atoms with Crippen molar-refractivity contribution in [1.82, 2.24) is 19.3 Å². The maximum Gasteiger partial charge on any atom is 0.350 e. The summed E-state index contributed by atoms with van der Waals surface area (Å²) < 4.78 is 41.4. The first-order valence-corrected chi connectivity index (χ1v) is 11.2. The average Bonchev–Trinajstić information content (AvgIpc) is 3.30. The topological polar surface area (TPSA) is 71.2 Å². The first kappa shape index (κ1) is 21.5. The normalized spacial score (nSPS) is 13.8. The van der Waals surface area contributed by atoms with Crippen molar-refractivity contribution in [3.63, 3.8) is 0 Å². The van der Waals surface area contributed by atoms with Gasteiger partial charge in [0.15, 0.2) is 0 Å². The van der Waals surface area contributed by atoms with E-state index in [1.54, 1.807) is 24.3 Å². The molecule has 0 amide bonds. The number of thiazole rings is 1. The lowest BCUT2D eigenvalue weighted by Crippen LogP contribution is -2.29. The summed E-state index contributed by atoms with van der Waals surface area (Å²) in [7, 11) is 0. The van der Waals surface area contributed by atoms with Gasteiger partial charge in [-0.2, -0.15) is 9.78 Å². The van der Waals surface area contributed by atoms with Crippen molar-refractivity contribution < 1.29 is 18.3 Å². The fraction of sp³-hybridized carbons (Fsp3) is 0.261. The molecule has 2 aromatic heterocycles. The Kier molecular flexibility index (Phi) is 5.77. The van der Waals surface area contributed by atoms with Gasteiger partial charge in [-0.05, 0) is 43.3 Å². The van der Waals surface area contributed by atoms with Crippen LogP contribution in [0.3, 0.4) is 0 Å². The van der Waals surface area contributed by atoms with Crippen molar-refractivity contribution in [3.8, 4) is 16.5 Å². The molecule has 1 fully saturated rings. The van der Waals surface area contributed by atoms with Crippen LogP contribution in [0.2, 0.25) is 0 Å². The minimum atomic E-state index is -0.710. The third kappa shape index (κ3) is 4.44. The fourth-order valence-corrected chi connectivity index (χ4v) is 4.55. The monoisotopic (exact) mass is 470 g/mol. The summed E-state index contributed by atoms with van der Waals surface area (Å²) in [5.74, 6) is -0.294. The maximum atomic E-state index is 13.9. The predicted octanol–water partition coefficient (Wildman–Crippen LogP) is 4.11. The summed E-state index contributed by atoms with van der Waals surface area (Å²) in [6.07, 6.45) is 2.14. The summed E-state index contributed by atoms with van der Waals surface area (Å²) in [5.41, 5.74) is 0.641. The molecule has 0 atom stereocenters. The zero-order valence-electron chi connectivity index (χ0n) is 17.7. The molecule has 0 spiro atoms. The third-order valence-corrected chi connectivity index (χ3v) is 6.44. The fourth-order valence-electron chi connectivity index (χ4n) is 3.50. The minimum Gasteiger partial charge on any atom is -0.445 e. The Bertz CT molecular complexity index is 1320. The molecule has 1 aliphatic heterocycles. The van der Waals surface area contributed by atoms with Crippen LogP contribution in [-0.2, 0) is 17.7 Å². The number of rotatable bonds is 7. The summed E-state index contributed by atoms with van der Waals surface area (Å²) in [4.78, 5) is 17.3. The van der Waals surface area contributed by atoms with Crippen molar-refractivity contribution in [2.24, 2.45) is 5.92 Å². The zero-order valence-corrected chi connectivity index (χ0v) is 18.5. The molecule has 0 radical (unpaired) electrons. The minimum absolute atomic E-state index is 0.188. The molecule has 7 nitrogen and oxygen atoms in total. The molecular weight excluding hydrogens is 450 g/mol. The molecule has 170 valence electrons. The standard InChI is InChI=1S/C23H20F2N4O3S/c1-14-22(33-21(27-14)9-15-11-31-12-15)32-17-7-5-16(6-8-17)29-23(30)28(13-26-29)10-18-19(24)3-2-4-20(18)25/h2-8,13,15H,9-12H2,1H3. The molecule has 0 aliphatic carbocycles. The number of hydrogen-bond donors (Lipinski definition) is 0. The number of aromatic nitrogens is 4. The molecule has 1 saturated heterocycles. The van der Waals surface area contributed by atoms with Crippen LogP contribution in [0.25, 0.3) is 5.69 Å². The van der Waals surface area contributed by atoms with Crippen LogP contribution in [0.1, 0.15) is 16.3 Å². The number of halogens is 2. The first-order valence-electron chi connectivity index (χ1n) is 10.4. The second kappa shape index (κ2) is 8.87. The van der Waals surface area contributed by atoms with Gasteiger partial charge in [-0.15, -0.1) is 0 Å². The molecule has 0 bridgehead atoms. The molecule has 0 N–H and O–H groups in total. The van der Waals surface area contributed by atoms with Crippen LogP contribution in [0.4, 0.5) is 8.78 Å². The van der Waals surface area contributed by atoms with Gasteiger partial charge in [-0.3, -0.25) is 4.57 Å². The van der Waals surface area contributed by atoms with E-state index in [0.29, 0.717) is 17.4 Å². The Balaban J connectivity index is 1.31. The summed E-state index contributed by atoms with van der Waals surface area (Å²) in [6, 6.07) is 10.4. The van der Waals surface area contributed by atoms with E-state index < -0.39 is 17.3 Å². The summed E-state index contributed by atoms with van der Waals surface area (Å²) in [6.45, 7) is 3.21. The highest BCUT2D eigenvalue weighted by Gasteiger charge is 2.21. The quantitative estimate of drug-likeness (QED) is 0.407. The average molecular weight is 471 g/mol. The molecule has 4 aromatic rings. The van der Waals surface area contributed by atoms with Gasteiger partial charge in [0.2, 0.25) is 5.06 Å². The highest BCUT2D eigenvalue weighted by molar-refractivity contribution is 7.13. The van der Waals surface area contributed by atoms with Crippen LogP contribution >= 0.6 is 11.3 Å². The number of nitrogens with zero attached hydrogens (tertiary/aromatic N) is 4. The molecule has 2 aromatic carbocycles. The zero-order chi connectivity index (χ0) is 22.9. The molecule has 0 unspecified atom stereocenters. The van der Waals surface area contributed by atoms with Crippen molar-refractivity contribution >= 4 is 11.3 Å². The lowest BCUT2D eigenvalue weighted by Gasteiger charge is -2.24. The number of hydrogen-bond acceptors (Lipinski definition) is 6. The molecular formula is C23H20F2N4O3S. The second-order valence-electron chi connectivity index (χ2n) is 7.84. The Morgan fingerprint density at radius 2 is 1.88 bits per heavy atom. The molecule has 5 rings (SSSR count). The molecule has 1 aliphatic rings. The van der Waals surface area contributed by atoms with E-state index in [1.807, 2.05) is 6.92 Å². The van der Waals surface area contributed by atoms with E-state index in [0.717, 1.165) is 52.1 Å². The highest BCUT2D eigenvalue weighted by Crippen LogP contribution is 2.33. The van der Waals surface area contributed by atoms with E-state index in [9.17, 15) is 13.6 Å². The first-order chi connectivity index (χ1) is 16.0. The Labute approximate surface area is 191 Å². The van der Waals surface area contributed by atoms with Gasteiger partial charge in [-0.25, -0.2) is 18.6 Å². The van der Waals surface area contributed by atoms with E-state index in [-0.39, 0.29) is 12.1 Å². The van der Waals surface area contributed by atoms with Crippen molar-refractivity contribution in [2.45, 2.75) is 19.9 Å².